The molecule has 5 aromatic heterocycles. The molecule has 38 heavy (non-hydrogen) atoms. The fraction of sp³-hybridized carbons (Fsp3) is 0.200. The van der Waals surface area contributed by atoms with Gasteiger partial charge in [0.05, 0.1) is 34.2 Å². The zero-order valence-electron chi connectivity index (χ0n) is 21.2. The Hall–Kier alpha value is -4.40. The maximum absolute atomic E-state index is 4.60. The molecule has 0 aliphatic rings. The molecule has 5 heterocycles. The summed E-state index contributed by atoms with van der Waals surface area (Å²) in [6, 6.07) is 26.1. The summed E-state index contributed by atoms with van der Waals surface area (Å²) in [5, 5.41) is 0. The molecule has 0 bridgehead atoms. The monoisotopic (exact) mass is 502 g/mol. The number of pyridine rings is 4. The van der Waals surface area contributed by atoms with E-state index in [2.05, 4.69) is 45.8 Å². The minimum atomic E-state index is 0.656. The minimum absolute atomic E-state index is 0.656. The van der Waals surface area contributed by atoms with Crippen molar-refractivity contribution in [1.82, 2.24) is 39.7 Å². The topological polar surface area (TPSA) is 83.8 Å². The lowest BCUT2D eigenvalue weighted by Crippen LogP contribution is -2.25. The number of hydrogen-bond acceptors (Lipinski definition) is 8. The van der Waals surface area contributed by atoms with Crippen LogP contribution in [0.25, 0.3) is 0 Å². The second kappa shape index (κ2) is 13.2. The fourth-order valence-electron chi connectivity index (χ4n) is 4.29. The molecule has 0 unspecified atom stereocenters. The predicted octanol–water partition coefficient (Wildman–Crippen LogP) is 4.46. The summed E-state index contributed by atoms with van der Waals surface area (Å²) < 4.78 is 0. The van der Waals surface area contributed by atoms with E-state index in [1.54, 1.807) is 6.33 Å². The van der Waals surface area contributed by atoms with Crippen molar-refractivity contribution in [1.29, 1.82) is 0 Å². The van der Waals surface area contributed by atoms with Crippen LogP contribution in [0.5, 0.6) is 0 Å². The zero-order chi connectivity index (χ0) is 25.8. The highest BCUT2D eigenvalue weighted by molar-refractivity contribution is 5.12. The van der Waals surface area contributed by atoms with Gasteiger partial charge < -0.3 is 0 Å². The Bertz CT molecular complexity index is 1180. The molecule has 0 radical (unpaired) electrons. The van der Waals surface area contributed by atoms with Crippen LogP contribution in [0.1, 0.15) is 34.2 Å². The number of rotatable bonds is 12. The van der Waals surface area contributed by atoms with Crippen molar-refractivity contribution >= 4 is 0 Å². The third-order valence-electron chi connectivity index (χ3n) is 6.00. The van der Waals surface area contributed by atoms with E-state index >= 15 is 0 Å². The van der Waals surface area contributed by atoms with E-state index in [0.717, 1.165) is 34.2 Å². The van der Waals surface area contributed by atoms with Gasteiger partial charge in [-0.2, -0.15) is 0 Å². The third-order valence-corrected chi connectivity index (χ3v) is 6.00. The van der Waals surface area contributed by atoms with Crippen molar-refractivity contribution in [2.75, 3.05) is 0 Å². The molecular weight excluding hydrogens is 472 g/mol. The van der Waals surface area contributed by atoms with Crippen LogP contribution in [-0.4, -0.2) is 39.7 Å². The molecular formula is C30H30N8. The highest BCUT2D eigenvalue weighted by atomic mass is 15.2. The van der Waals surface area contributed by atoms with Gasteiger partial charge in [0.15, 0.2) is 0 Å². The van der Waals surface area contributed by atoms with Gasteiger partial charge in [0.25, 0.3) is 0 Å². The molecule has 190 valence electrons. The number of hydrogen-bond donors (Lipinski definition) is 0. The van der Waals surface area contributed by atoms with Crippen LogP contribution in [0.2, 0.25) is 0 Å². The van der Waals surface area contributed by atoms with E-state index in [0.29, 0.717) is 39.3 Å². The number of aromatic nitrogens is 6. The first-order valence-corrected chi connectivity index (χ1v) is 12.6. The summed E-state index contributed by atoms with van der Waals surface area (Å²) in [6.07, 6.45) is 8.97. The van der Waals surface area contributed by atoms with Crippen LogP contribution >= 0.6 is 0 Å². The molecule has 0 aliphatic carbocycles. The first kappa shape index (κ1) is 25.3. The average Bonchev–Trinajstić information content (AvgIpc) is 2.95. The largest absolute Gasteiger partial charge is 0.286 e. The molecule has 0 fully saturated rings. The molecule has 0 amide bonds. The van der Waals surface area contributed by atoms with Crippen LogP contribution < -0.4 is 0 Å². The second-order valence-corrected chi connectivity index (χ2v) is 9.08. The lowest BCUT2D eigenvalue weighted by atomic mass is 10.2. The Morgan fingerprint density at radius 3 is 0.974 bits per heavy atom. The van der Waals surface area contributed by atoms with Crippen LogP contribution in [0.4, 0.5) is 0 Å². The lowest BCUT2D eigenvalue weighted by molar-refractivity contribution is 0.233. The Morgan fingerprint density at radius 2 is 0.684 bits per heavy atom. The van der Waals surface area contributed by atoms with Crippen molar-refractivity contribution in [3.63, 3.8) is 0 Å². The Balaban J connectivity index is 1.32. The third kappa shape index (κ3) is 7.80. The highest BCUT2D eigenvalue weighted by Gasteiger charge is 2.14. The van der Waals surface area contributed by atoms with Crippen molar-refractivity contribution in [3.05, 3.63) is 144 Å². The van der Waals surface area contributed by atoms with E-state index in [1.165, 1.54) is 0 Å². The normalized spacial score (nSPS) is 11.2. The zero-order valence-corrected chi connectivity index (χ0v) is 21.2. The summed E-state index contributed by atoms with van der Waals surface area (Å²) in [4.78, 5) is 31.9. The summed E-state index contributed by atoms with van der Waals surface area (Å²) in [5.74, 6) is 0. The van der Waals surface area contributed by atoms with Gasteiger partial charge >= 0.3 is 0 Å². The van der Waals surface area contributed by atoms with E-state index < -0.39 is 0 Å². The summed E-state index contributed by atoms with van der Waals surface area (Å²) in [5.41, 5.74) is 5.95. The van der Waals surface area contributed by atoms with Crippen molar-refractivity contribution < 1.29 is 0 Å². The summed E-state index contributed by atoms with van der Waals surface area (Å²) >= 11 is 0. The van der Waals surface area contributed by atoms with Gasteiger partial charge in [-0.15, -0.1) is 0 Å². The maximum atomic E-state index is 4.60. The van der Waals surface area contributed by atoms with E-state index in [-0.39, 0.29) is 0 Å². The molecule has 0 aliphatic heterocycles. The molecule has 0 atom stereocenters. The number of nitrogens with zero attached hydrogens (tertiary/aromatic N) is 8. The molecule has 0 aromatic carbocycles. The molecule has 5 rings (SSSR count). The van der Waals surface area contributed by atoms with E-state index in [4.69, 9.17) is 0 Å². The van der Waals surface area contributed by atoms with Crippen molar-refractivity contribution in [2.45, 2.75) is 39.3 Å². The second-order valence-electron chi connectivity index (χ2n) is 9.08. The molecule has 8 heteroatoms. The van der Waals surface area contributed by atoms with Crippen molar-refractivity contribution in [3.8, 4) is 0 Å². The van der Waals surface area contributed by atoms with Gasteiger partial charge in [-0.05, 0) is 54.6 Å². The molecule has 8 nitrogen and oxygen atoms in total. The Kier molecular flexibility index (Phi) is 8.80. The molecule has 0 N–H and O–H groups in total. The van der Waals surface area contributed by atoms with Crippen LogP contribution in [0.15, 0.2) is 110 Å². The van der Waals surface area contributed by atoms with Gasteiger partial charge in [0.1, 0.15) is 6.33 Å². The first-order chi connectivity index (χ1) is 18.8. The predicted molar refractivity (Wildman–Crippen MR) is 145 cm³/mol. The highest BCUT2D eigenvalue weighted by Crippen LogP contribution is 2.14. The van der Waals surface area contributed by atoms with Gasteiger partial charge in [-0.25, -0.2) is 9.97 Å². The van der Waals surface area contributed by atoms with Gasteiger partial charge in [-0.3, -0.25) is 29.7 Å². The van der Waals surface area contributed by atoms with Crippen LogP contribution in [0, 0.1) is 0 Å². The fourth-order valence-corrected chi connectivity index (χ4v) is 4.29. The molecule has 0 spiro atoms. The summed E-state index contributed by atoms with van der Waals surface area (Å²) in [7, 11) is 0. The standard InChI is InChI=1S/C30H30N8/c1-5-13-31-25(9-1)18-37(19-26-10-2-6-14-32-26)22-29-17-30(36-24-35-29)23-38(20-27-11-3-7-15-33-27)21-28-12-4-8-16-34-28/h1-17,24H,18-23H2. The average molecular weight is 503 g/mol. The SMILES string of the molecule is c1ccc(CN(Cc2ccccn2)Cc2cc(CN(Cc3ccccn3)Cc3ccccn3)ncn2)nc1. The quantitative estimate of drug-likeness (QED) is 0.247. The Labute approximate surface area is 223 Å². The smallest absolute Gasteiger partial charge is 0.116 e. The van der Waals surface area contributed by atoms with Crippen molar-refractivity contribution in [2.24, 2.45) is 0 Å². The molecule has 0 saturated carbocycles. The van der Waals surface area contributed by atoms with Crippen LogP contribution in [-0.2, 0) is 39.3 Å². The van der Waals surface area contributed by atoms with Gasteiger partial charge in [0.2, 0.25) is 0 Å². The van der Waals surface area contributed by atoms with Gasteiger partial charge in [-0.1, -0.05) is 24.3 Å². The van der Waals surface area contributed by atoms with Crippen LogP contribution in [0.3, 0.4) is 0 Å². The molecule has 5 aromatic rings. The lowest BCUT2D eigenvalue weighted by Gasteiger charge is -2.23. The van der Waals surface area contributed by atoms with E-state index in [1.807, 2.05) is 97.6 Å². The maximum Gasteiger partial charge on any atom is 0.116 e. The van der Waals surface area contributed by atoms with E-state index in [9.17, 15) is 0 Å². The Morgan fingerprint density at radius 1 is 0.368 bits per heavy atom. The van der Waals surface area contributed by atoms with Gasteiger partial charge in [0, 0.05) is 64.1 Å². The first-order valence-electron chi connectivity index (χ1n) is 12.6. The molecule has 0 saturated heterocycles. The minimum Gasteiger partial charge on any atom is -0.286 e. The summed E-state index contributed by atoms with van der Waals surface area (Å²) in [6.45, 7) is 4.10.